The third kappa shape index (κ3) is 4.09. The van der Waals surface area contributed by atoms with E-state index in [1.54, 1.807) is 6.33 Å². The highest BCUT2D eigenvalue weighted by molar-refractivity contribution is 5.85. The van der Waals surface area contributed by atoms with E-state index in [0.29, 0.717) is 18.5 Å². The number of aryl methyl sites for hydroxylation is 2. The summed E-state index contributed by atoms with van der Waals surface area (Å²) >= 11 is 0. The van der Waals surface area contributed by atoms with Crippen molar-refractivity contribution in [2.75, 3.05) is 5.32 Å². The van der Waals surface area contributed by atoms with E-state index < -0.39 is 0 Å². The molecule has 0 unspecified atom stereocenters. The molecule has 1 fully saturated rings. The van der Waals surface area contributed by atoms with Gasteiger partial charge in [0.25, 0.3) is 0 Å². The van der Waals surface area contributed by atoms with Gasteiger partial charge in [-0.15, -0.1) is 24.8 Å². The van der Waals surface area contributed by atoms with Crippen molar-refractivity contribution in [3.8, 4) is 0 Å². The van der Waals surface area contributed by atoms with Gasteiger partial charge in [0.2, 0.25) is 0 Å². The number of aromatic nitrogens is 4. The summed E-state index contributed by atoms with van der Waals surface area (Å²) in [5.41, 5.74) is 11.5. The topological polar surface area (TPSA) is 92.5 Å². The van der Waals surface area contributed by atoms with E-state index in [1.807, 2.05) is 6.07 Å². The lowest BCUT2D eigenvalue weighted by molar-refractivity contribution is 0.345. The molecule has 4 rings (SSSR count). The zero-order valence-corrected chi connectivity index (χ0v) is 16.5. The van der Waals surface area contributed by atoms with Crippen LogP contribution in [-0.2, 0) is 6.54 Å². The molecule has 1 aliphatic carbocycles. The van der Waals surface area contributed by atoms with Crippen molar-refractivity contribution in [3.05, 3.63) is 47.2 Å². The Balaban J connectivity index is 0.00000121. The first-order valence-electron chi connectivity index (χ1n) is 8.35. The number of aromatic amines is 1. The average molecular weight is 395 g/mol. The molecule has 0 atom stereocenters. The Morgan fingerprint density at radius 3 is 2.58 bits per heavy atom. The number of fused-ring (bicyclic) bond motifs is 1. The van der Waals surface area contributed by atoms with Gasteiger partial charge < -0.3 is 16.0 Å². The minimum absolute atomic E-state index is 0. The molecule has 2 aromatic heterocycles. The maximum absolute atomic E-state index is 5.87. The molecule has 6 nitrogen and oxygen atoms in total. The van der Waals surface area contributed by atoms with Crippen molar-refractivity contribution in [2.45, 2.75) is 45.2 Å². The SMILES string of the molecule is Cc1cc2nc(CNc3cc(C4CC(N)C4)ncn3)[nH]c2cc1C.Cl.Cl. The van der Waals surface area contributed by atoms with Crippen LogP contribution in [0, 0.1) is 13.8 Å². The molecule has 0 saturated heterocycles. The van der Waals surface area contributed by atoms with Crippen LogP contribution in [0.25, 0.3) is 11.0 Å². The smallest absolute Gasteiger partial charge is 0.129 e. The molecule has 2 heterocycles. The second-order valence-electron chi connectivity index (χ2n) is 6.75. The second-order valence-corrected chi connectivity index (χ2v) is 6.75. The largest absolute Gasteiger partial charge is 0.363 e. The fourth-order valence-corrected chi connectivity index (χ4v) is 3.18. The standard InChI is InChI=1S/C18H22N6.2ClH/c1-10-3-15-16(4-11(10)2)24-18(23-15)8-20-17-7-14(21-9-22-17)12-5-13(19)6-12;;/h3-4,7,9,12-13H,5-6,8,19H2,1-2H3,(H,23,24)(H,20,21,22);2*1H. The Bertz CT molecular complexity index is 850. The molecule has 0 amide bonds. The van der Waals surface area contributed by atoms with Gasteiger partial charge in [-0.2, -0.15) is 0 Å². The summed E-state index contributed by atoms with van der Waals surface area (Å²) in [5.74, 6) is 2.20. The Hall–Kier alpha value is -1.89. The lowest BCUT2D eigenvalue weighted by Gasteiger charge is -2.31. The van der Waals surface area contributed by atoms with E-state index >= 15 is 0 Å². The number of rotatable bonds is 4. The van der Waals surface area contributed by atoms with Crippen molar-refractivity contribution in [1.82, 2.24) is 19.9 Å². The summed E-state index contributed by atoms with van der Waals surface area (Å²) < 4.78 is 0. The van der Waals surface area contributed by atoms with Gasteiger partial charge in [0.15, 0.2) is 0 Å². The molecular weight excluding hydrogens is 371 g/mol. The number of nitrogens with zero attached hydrogens (tertiary/aromatic N) is 3. The van der Waals surface area contributed by atoms with E-state index in [4.69, 9.17) is 5.73 Å². The predicted molar refractivity (Wildman–Crippen MR) is 109 cm³/mol. The first-order valence-corrected chi connectivity index (χ1v) is 8.35. The quantitative estimate of drug-likeness (QED) is 0.627. The molecule has 3 aromatic rings. The van der Waals surface area contributed by atoms with Gasteiger partial charge in [0, 0.05) is 23.7 Å². The summed E-state index contributed by atoms with van der Waals surface area (Å²) in [5, 5.41) is 3.33. The summed E-state index contributed by atoms with van der Waals surface area (Å²) in [6, 6.07) is 6.61. The number of anilines is 1. The van der Waals surface area contributed by atoms with Crippen LogP contribution in [0.15, 0.2) is 24.5 Å². The normalized spacial score (nSPS) is 18.6. The lowest BCUT2D eigenvalue weighted by Crippen LogP contribution is -2.35. The predicted octanol–water partition coefficient (Wildman–Crippen LogP) is 3.63. The molecule has 0 radical (unpaired) electrons. The Kier molecular flexibility index (Phi) is 6.44. The van der Waals surface area contributed by atoms with Crippen LogP contribution >= 0.6 is 24.8 Å². The van der Waals surface area contributed by atoms with Gasteiger partial charge in [-0.1, -0.05) is 0 Å². The molecular formula is C18H24Cl2N6. The summed E-state index contributed by atoms with van der Waals surface area (Å²) in [7, 11) is 0. The molecule has 1 saturated carbocycles. The molecule has 140 valence electrons. The summed E-state index contributed by atoms with van der Waals surface area (Å²) in [6.07, 6.45) is 3.64. The first-order chi connectivity index (χ1) is 11.6. The van der Waals surface area contributed by atoms with Gasteiger partial charge >= 0.3 is 0 Å². The summed E-state index contributed by atoms with van der Waals surface area (Å²) in [4.78, 5) is 16.7. The van der Waals surface area contributed by atoms with Crippen LogP contribution in [0.4, 0.5) is 5.82 Å². The number of nitrogens with one attached hydrogen (secondary N) is 2. The fourth-order valence-electron chi connectivity index (χ4n) is 3.18. The van der Waals surface area contributed by atoms with Gasteiger partial charge in [-0.05, 0) is 49.9 Å². The van der Waals surface area contributed by atoms with Crippen LogP contribution in [0.5, 0.6) is 0 Å². The number of hydrogen-bond donors (Lipinski definition) is 3. The van der Waals surface area contributed by atoms with Crippen molar-refractivity contribution < 1.29 is 0 Å². The number of hydrogen-bond acceptors (Lipinski definition) is 5. The maximum atomic E-state index is 5.87. The molecule has 0 aliphatic heterocycles. The first kappa shape index (κ1) is 20.4. The van der Waals surface area contributed by atoms with E-state index in [0.717, 1.165) is 41.2 Å². The Morgan fingerprint density at radius 1 is 1.12 bits per heavy atom. The molecule has 4 N–H and O–H groups in total. The molecule has 26 heavy (non-hydrogen) atoms. The highest BCUT2D eigenvalue weighted by atomic mass is 35.5. The third-order valence-electron chi connectivity index (χ3n) is 4.86. The van der Waals surface area contributed by atoms with Crippen molar-refractivity contribution in [1.29, 1.82) is 0 Å². The van der Waals surface area contributed by atoms with E-state index in [2.05, 4.69) is 51.2 Å². The zero-order chi connectivity index (χ0) is 16.7. The van der Waals surface area contributed by atoms with Crippen LogP contribution < -0.4 is 11.1 Å². The second kappa shape index (κ2) is 8.20. The lowest BCUT2D eigenvalue weighted by atomic mass is 9.79. The van der Waals surface area contributed by atoms with Crippen LogP contribution in [0.2, 0.25) is 0 Å². The monoisotopic (exact) mass is 394 g/mol. The Morgan fingerprint density at radius 2 is 1.85 bits per heavy atom. The minimum atomic E-state index is 0. The van der Waals surface area contributed by atoms with E-state index in [-0.39, 0.29) is 24.8 Å². The number of imidazole rings is 1. The molecule has 1 aliphatic rings. The molecule has 0 bridgehead atoms. The van der Waals surface area contributed by atoms with E-state index in [9.17, 15) is 0 Å². The highest BCUT2D eigenvalue weighted by Crippen LogP contribution is 2.34. The number of halogens is 2. The number of nitrogens with two attached hydrogens (primary N) is 1. The highest BCUT2D eigenvalue weighted by Gasteiger charge is 2.28. The van der Waals surface area contributed by atoms with Gasteiger partial charge in [-0.25, -0.2) is 15.0 Å². The number of benzene rings is 1. The fraction of sp³-hybridized carbons (Fsp3) is 0.389. The van der Waals surface area contributed by atoms with Crippen LogP contribution in [-0.4, -0.2) is 26.0 Å². The molecule has 1 aromatic carbocycles. The van der Waals surface area contributed by atoms with Crippen LogP contribution in [0.3, 0.4) is 0 Å². The number of H-pyrrole nitrogens is 1. The third-order valence-corrected chi connectivity index (χ3v) is 4.86. The van der Waals surface area contributed by atoms with Gasteiger partial charge in [0.05, 0.1) is 17.6 Å². The molecule has 8 heteroatoms. The Labute approximate surface area is 165 Å². The molecule has 0 spiro atoms. The minimum Gasteiger partial charge on any atom is -0.363 e. The van der Waals surface area contributed by atoms with Crippen molar-refractivity contribution >= 4 is 41.7 Å². The average Bonchev–Trinajstić information content (AvgIpc) is 2.92. The van der Waals surface area contributed by atoms with Crippen molar-refractivity contribution in [2.24, 2.45) is 5.73 Å². The maximum Gasteiger partial charge on any atom is 0.129 e. The van der Waals surface area contributed by atoms with Gasteiger partial charge in [-0.3, -0.25) is 0 Å². The summed E-state index contributed by atoms with van der Waals surface area (Å²) in [6.45, 7) is 4.83. The van der Waals surface area contributed by atoms with Gasteiger partial charge in [0.1, 0.15) is 18.0 Å². The zero-order valence-electron chi connectivity index (χ0n) is 14.8. The van der Waals surface area contributed by atoms with Crippen LogP contribution in [0.1, 0.15) is 41.4 Å². The van der Waals surface area contributed by atoms with Crippen molar-refractivity contribution in [3.63, 3.8) is 0 Å². The van der Waals surface area contributed by atoms with E-state index in [1.165, 1.54) is 11.1 Å².